The van der Waals surface area contributed by atoms with Crippen molar-refractivity contribution in [2.24, 2.45) is 17.2 Å². The Bertz CT molecular complexity index is 595. The van der Waals surface area contributed by atoms with Gasteiger partial charge in [0.15, 0.2) is 0 Å². The first-order chi connectivity index (χ1) is 12.5. The number of carboxylic acid groups (broad SMARTS) is 4. The molecule has 2 atom stereocenters. The molecule has 0 fully saturated rings. The molecule has 11 nitrogen and oxygen atoms in total. The van der Waals surface area contributed by atoms with Gasteiger partial charge in [0.2, 0.25) is 0 Å². The molecule has 0 aliphatic carbocycles. The molecular formula is C16H25N3O8. The normalized spacial score (nSPS) is 11.5. The maximum atomic E-state index is 10.4. The second-order valence-electron chi connectivity index (χ2n) is 5.11. The van der Waals surface area contributed by atoms with Crippen LogP contribution in [0.3, 0.4) is 0 Å². The van der Waals surface area contributed by atoms with Crippen molar-refractivity contribution >= 4 is 23.9 Å². The molecule has 0 aliphatic heterocycles. The van der Waals surface area contributed by atoms with Gasteiger partial charge in [-0.2, -0.15) is 0 Å². The van der Waals surface area contributed by atoms with Gasteiger partial charge in [0.05, 0.1) is 6.54 Å². The summed E-state index contributed by atoms with van der Waals surface area (Å²) in [4.78, 5) is 39.5. The molecule has 152 valence electrons. The molecule has 0 spiro atoms. The van der Waals surface area contributed by atoms with Crippen molar-refractivity contribution in [3.63, 3.8) is 0 Å². The molecule has 1 rings (SSSR count). The minimum absolute atomic E-state index is 0.0231. The van der Waals surface area contributed by atoms with Crippen molar-refractivity contribution in [1.29, 1.82) is 0 Å². The van der Waals surface area contributed by atoms with E-state index < -0.39 is 36.0 Å². The first kappa shape index (κ1) is 26.2. The lowest BCUT2D eigenvalue weighted by atomic mass is 10.1. The fraction of sp³-hybridized carbons (Fsp3) is 0.375. The van der Waals surface area contributed by atoms with Crippen LogP contribution in [0.4, 0.5) is 0 Å². The van der Waals surface area contributed by atoms with E-state index in [0.717, 1.165) is 5.56 Å². The molecule has 10 N–H and O–H groups in total. The summed E-state index contributed by atoms with van der Waals surface area (Å²) >= 11 is 0. The van der Waals surface area contributed by atoms with Crippen molar-refractivity contribution < 1.29 is 39.6 Å². The molecular weight excluding hydrogens is 362 g/mol. The molecule has 0 bridgehead atoms. The summed E-state index contributed by atoms with van der Waals surface area (Å²) in [6.45, 7) is -0.278. The average molecular weight is 387 g/mol. The molecule has 0 aromatic heterocycles. The molecule has 0 heterocycles. The molecule has 0 radical (unpaired) electrons. The second kappa shape index (κ2) is 15.3. The largest absolute Gasteiger partial charge is 0.481 e. The van der Waals surface area contributed by atoms with Gasteiger partial charge in [-0.3, -0.25) is 19.2 Å². The number of carboxylic acids is 4. The molecule has 1 aromatic rings. The van der Waals surface area contributed by atoms with Crippen LogP contribution in [0.1, 0.15) is 18.4 Å². The zero-order valence-corrected chi connectivity index (χ0v) is 14.5. The van der Waals surface area contributed by atoms with Crippen LogP contribution >= 0.6 is 0 Å². The predicted molar refractivity (Wildman–Crippen MR) is 94.9 cm³/mol. The maximum absolute atomic E-state index is 10.4. The van der Waals surface area contributed by atoms with Crippen molar-refractivity contribution in [3.8, 4) is 0 Å². The van der Waals surface area contributed by atoms with E-state index in [9.17, 15) is 19.2 Å². The topological polar surface area (TPSA) is 227 Å². The number of rotatable bonds is 8. The number of carbonyl (C=O) groups is 4. The standard InChI is InChI=1S/C9H11NO2.C5H9NO4.C2H5NO2/c10-8(9(11)12)6-7-4-2-1-3-5-7;6-3(5(9)10)1-2-4(7)8;3-1-2(4)5/h1-5,8H,6,10H2,(H,11,12);3H,1-2,6H2,(H,7,8)(H,9,10);1,3H2,(H,4,5)/t8-;3-;/m11./s1. The van der Waals surface area contributed by atoms with Gasteiger partial charge in [0.1, 0.15) is 12.1 Å². The number of hydrogen-bond donors (Lipinski definition) is 7. The molecule has 11 heteroatoms. The molecule has 1 aromatic carbocycles. The molecule has 27 heavy (non-hydrogen) atoms. The lowest BCUT2D eigenvalue weighted by molar-refractivity contribution is -0.140. The van der Waals surface area contributed by atoms with E-state index >= 15 is 0 Å². The second-order valence-corrected chi connectivity index (χ2v) is 5.11. The Morgan fingerprint density at radius 3 is 1.59 bits per heavy atom. The summed E-state index contributed by atoms with van der Waals surface area (Å²) < 4.78 is 0. The van der Waals surface area contributed by atoms with E-state index in [4.69, 9.17) is 31.9 Å². The summed E-state index contributed by atoms with van der Waals surface area (Å²) in [6, 6.07) is 7.48. The van der Waals surface area contributed by atoms with Crippen LogP contribution in [0.15, 0.2) is 30.3 Å². The van der Waals surface area contributed by atoms with Crippen molar-refractivity contribution in [1.82, 2.24) is 0 Å². The van der Waals surface area contributed by atoms with Gasteiger partial charge < -0.3 is 37.6 Å². The number of benzene rings is 1. The Labute approximate surface area is 155 Å². The Morgan fingerprint density at radius 2 is 1.26 bits per heavy atom. The smallest absolute Gasteiger partial charge is 0.320 e. The van der Waals surface area contributed by atoms with E-state index in [-0.39, 0.29) is 19.4 Å². The summed E-state index contributed by atoms with van der Waals surface area (Å²) in [5.74, 6) is -4.12. The van der Waals surface area contributed by atoms with Crippen LogP contribution in [0.2, 0.25) is 0 Å². The fourth-order valence-electron chi connectivity index (χ4n) is 1.36. The lowest BCUT2D eigenvalue weighted by Gasteiger charge is -2.04. The van der Waals surface area contributed by atoms with Gasteiger partial charge in [0, 0.05) is 6.42 Å². The lowest BCUT2D eigenvalue weighted by Crippen LogP contribution is -2.32. The van der Waals surface area contributed by atoms with E-state index in [0.29, 0.717) is 6.42 Å². The molecule has 0 saturated carbocycles. The third-order valence-electron chi connectivity index (χ3n) is 2.78. The molecule has 0 unspecified atom stereocenters. The summed E-state index contributed by atoms with van der Waals surface area (Å²) in [6.07, 6.45) is 0.161. The monoisotopic (exact) mass is 387 g/mol. The van der Waals surface area contributed by atoms with E-state index in [1.54, 1.807) is 0 Å². The van der Waals surface area contributed by atoms with Gasteiger partial charge in [-0.15, -0.1) is 0 Å². The third-order valence-corrected chi connectivity index (χ3v) is 2.78. The van der Waals surface area contributed by atoms with Crippen LogP contribution in [-0.4, -0.2) is 62.9 Å². The minimum Gasteiger partial charge on any atom is -0.481 e. The molecule has 0 aliphatic rings. The number of hydrogen-bond acceptors (Lipinski definition) is 7. The van der Waals surface area contributed by atoms with Crippen LogP contribution < -0.4 is 17.2 Å². The van der Waals surface area contributed by atoms with Crippen LogP contribution in [0.25, 0.3) is 0 Å². The van der Waals surface area contributed by atoms with E-state index in [1.165, 1.54) is 0 Å². The maximum Gasteiger partial charge on any atom is 0.320 e. The number of aliphatic carboxylic acids is 4. The van der Waals surface area contributed by atoms with E-state index in [2.05, 4.69) is 5.73 Å². The highest BCUT2D eigenvalue weighted by Crippen LogP contribution is 2.01. The van der Waals surface area contributed by atoms with Gasteiger partial charge in [0.25, 0.3) is 0 Å². The highest BCUT2D eigenvalue weighted by molar-refractivity contribution is 5.74. The summed E-state index contributed by atoms with van der Waals surface area (Å²) in [5.41, 5.74) is 15.9. The first-order valence-electron chi connectivity index (χ1n) is 7.65. The zero-order valence-electron chi connectivity index (χ0n) is 14.5. The Kier molecular flexibility index (Phi) is 14.8. The van der Waals surface area contributed by atoms with Crippen molar-refractivity contribution in [3.05, 3.63) is 35.9 Å². The average Bonchev–Trinajstić information content (AvgIpc) is 2.61. The van der Waals surface area contributed by atoms with Crippen LogP contribution in [0, 0.1) is 0 Å². The van der Waals surface area contributed by atoms with Crippen LogP contribution in [-0.2, 0) is 25.6 Å². The fourth-order valence-corrected chi connectivity index (χ4v) is 1.36. The number of nitrogens with two attached hydrogens (primary N) is 3. The van der Waals surface area contributed by atoms with Gasteiger partial charge in [-0.1, -0.05) is 30.3 Å². The summed E-state index contributed by atoms with van der Waals surface area (Å²) in [7, 11) is 0. The molecule has 0 amide bonds. The Morgan fingerprint density at radius 1 is 0.815 bits per heavy atom. The van der Waals surface area contributed by atoms with Gasteiger partial charge >= 0.3 is 23.9 Å². The van der Waals surface area contributed by atoms with Crippen LogP contribution in [0.5, 0.6) is 0 Å². The zero-order chi connectivity index (χ0) is 21.4. The van der Waals surface area contributed by atoms with Crippen molar-refractivity contribution in [2.45, 2.75) is 31.3 Å². The Hall–Kier alpha value is -3.02. The highest BCUT2D eigenvalue weighted by Gasteiger charge is 2.12. The minimum atomic E-state index is -1.17. The Balaban J connectivity index is 0. The molecule has 0 saturated heterocycles. The van der Waals surface area contributed by atoms with E-state index in [1.807, 2.05) is 30.3 Å². The first-order valence-corrected chi connectivity index (χ1v) is 7.65. The van der Waals surface area contributed by atoms with Gasteiger partial charge in [-0.25, -0.2) is 0 Å². The highest BCUT2D eigenvalue weighted by atomic mass is 16.4. The third kappa shape index (κ3) is 17.6. The SMILES string of the molecule is NCC(=O)O.N[C@H](CCC(=O)O)C(=O)O.N[C@H](Cc1ccccc1)C(=O)O. The summed E-state index contributed by atoms with van der Waals surface area (Å²) in [5, 5.41) is 32.4. The quantitative estimate of drug-likeness (QED) is 0.284. The van der Waals surface area contributed by atoms with Gasteiger partial charge in [-0.05, 0) is 18.4 Å². The predicted octanol–water partition coefficient (Wildman–Crippen LogP) is -1.07. The van der Waals surface area contributed by atoms with Crippen molar-refractivity contribution in [2.75, 3.05) is 6.54 Å².